The fourth-order valence-electron chi connectivity index (χ4n) is 3.06. The molecule has 8 nitrogen and oxygen atoms in total. The topological polar surface area (TPSA) is 86.3 Å². The summed E-state index contributed by atoms with van der Waals surface area (Å²) in [5, 5.41) is 7.87. The molecule has 1 amide bonds. The Morgan fingerprint density at radius 3 is 2.89 bits per heavy atom. The van der Waals surface area contributed by atoms with E-state index in [2.05, 4.69) is 15.2 Å². The molecule has 0 N–H and O–H groups in total. The van der Waals surface area contributed by atoms with Crippen molar-refractivity contribution in [1.82, 2.24) is 24.8 Å². The lowest BCUT2D eigenvalue weighted by atomic mass is 10.1. The minimum absolute atomic E-state index is 0.0734. The number of halogens is 1. The first-order valence-corrected chi connectivity index (χ1v) is 8.50. The van der Waals surface area contributed by atoms with Crippen molar-refractivity contribution in [3.8, 4) is 17.1 Å². The van der Waals surface area contributed by atoms with Crippen LogP contribution >= 0.6 is 0 Å². The van der Waals surface area contributed by atoms with Crippen LogP contribution in [0.2, 0.25) is 0 Å². The minimum atomic E-state index is -1.85. The summed E-state index contributed by atoms with van der Waals surface area (Å²) in [7, 11) is 1.58. The lowest BCUT2D eigenvalue weighted by Crippen LogP contribution is -2.34. The maximum atomic E-state index is 15.3. The Bertz CT molecular complexity index is 925. The average molecular weight is 371 g/mol. The number of rotatable bonds is 5. The van der Waals surface area contributed by atoms with E-state index in [4.69, 9.17) is 9.26 Å². The number of amides is 1. The number of likely N-dealkylation sites (tertiary alicyclic amines) is 1. The van der Waals surface area contributed by atoms with Crippen LogP contribution in [-0.4, -0.2) is 50.9 Å². The van der Waals surface area contributed by atoms with Crippen molar-refractivity contribution in [2.24, 2.45) is 0 Å². The summed E-state index contributed by atoms with van der Waals surface area (Å²) in [6, 6.07) is 8.80. The van der Waals surface area contributed by atoms with E-state index in [9.17, 15) is 4.79 Å². The van der Waals surface area contributed by atoms with E-state index < -0.39 is 5.67 Å². The number of nitrogens with zero attached hydrogens (tertiary/aromatic N) is 5. The number of alkyl halides is 1. The number of benzene rings is 1. The highest BCUT2D eigenvalue weighted by atomic mass is 19.1. The van der Waals surface area contributed by atoms with Crippen LogP contribution in [0.4, 0.5) is 4.39 Å². The fourth-order valence-corrected chi connectivity index (χ4v) is 3.06. The third-order valence-electron chi connectivity index (χ3n) is 4.59. The van der Waals surface area contributed by atoms with E-state index in [0.717, 1.165) is 0 Å². The van der Waals surface area contributed by atoms with Gasteiger partial charge in [-0.2, -0.15) is 10.1 Å². The minimum Gasteiger partial charge on any atom is -0.497 e. The number of aromatic nitrogens is 4. The summed E-state index contributed by atoms with van der Waals surface area (Å²) in [5.41, 5.74) is -1.16. The molecule has 0 saturated carbocycles. The van der Waals surface area contributed by atoms with Crippen LogP contribution < -0.4 is 4.74 Å². The first-order chi connectivity index (χ1) is 13.1. The molecule has 0 aliphatic carbocycles. The lowest BCUT2D eigenvalue weighted by Gasteiger charge is -2.18. The van der Waals surface area contributed by atoms with Gasteiger partial charge in [0.2, 0.25) is 17.4 Å². The van der Waals surface area contributed by atoms with Gasteiger partial charge in [-0.25, -0.2) is 4.39 Å². The van der Waals surface area contributed by atoms with Crippen LogP contribution in [0.25, 0.3) is 11.4 Å². The molecule has 1 unspecified atom stereocenters. The van der Waals surface area contributed by atoms with E-state index in [1.165, 1.54) is 9.58 Å². The molecular formula is C18H18FN5O3. The van der Waals surface area contributed by atoms with Crippen LogP contribution in [0.1, 0.15) is 12.3 Å². The van der Waals surface area contributed by atoms with Gasteiger partial charge in [0.25, 0.3) is 5.89 Å². The van der Waals surface area contributed by atoms with Crippen molar-refractivity contribution < 1.29 is 18.4 Å². The fraction of sp³-hybridized carbons (Fsp3) is 0.333. The van der Waals surface area contributed by atoms with Gasteiger partial charge >= 0.3 is 0 Å². The number of carbonyl (C=O) groups excluding carboxylic acids is 1. The van der Waals surface area contributed by atoms with Crippen molar-refractivity contribution in [1.29, 1.82) is 0 Å². The highest BCUT2D eigenvalue weighted by Crippen LogP contribution is 2.36. The molecule has 0 spiro atoms. The molecule has 140 valence electrons. The molecule has 2 aromatic heterocycles. The molecule has 1 aromatic carbocycles. The predicted molar refractivity (Wildman–Crippen MR) is 92.5 cm³/mol. The summed E-state index contributed by atoms with van der Waals surface area (Å²) in [4.78, 5) is 18.0. The summed E-state index contributed by atoms with van der Waals surface area (Å²) >= 11 is 0. The molecule has 1 atom stereocenters. The Morgan fingerprint density at radius 1 is 1.37 bits per heavy atom. The van der Waals surface area contributed by atoms with Crippen molar-refractivity contribution in [2.75, 3.05) is 20.2 Å². The van der Waals surface area contributed by atoms with E-state index in [1.807, 2.05) is 0 Å². The maximum Gasteiger partial charge on any atom is 0.266 e. The van der Waals surface area contributed by atoms with Crippen LogP contribution in [0.5, 0.6) is 5.75 Å². The molecule has 1 aliphatic heterocycles. The first kappa shape index (κ1) is 17.2. The van der Waals surface area contributed by atoms with Gasteiger partial charge in [-0.1, -0.05) is 5.16 Å². The molecule has 1 aliphatic rings. The highest BCUT2D eigenvalue weighted by molar-refractivity contribution is 5.76. The van der Waals surface area contributed by atoms with Crippen molar-refractivity contribution in [2.45, 2.75) is 18.6 Å². The number of hydrogen-bond acceptors (Lipinski definition) is 6. The second kappa shape index (κ2) is 6.82. The summed E-state index contributed by atoms with van der Waals surface area (Å²) < 4.78 is 27.1. The Hall–Kier alpha value is -3.23. The molecule has 3 heterocycles. The molecule has 3 aromatic rings. The van der Waals surface area contributed by atoms with Gasteiger partial charge in [0, 0.05) is 30.9 Å². The Kier molecular flexibility index (Phi) is 4.35. The van der Waals surface area contributed by atoms with Gasteiger partial charge in [-0.3, -0.25) is 9.48 Å². The molecule has 4 rings (SSSR count). The highest BCUT2D eigenvalue weighted by Gasteiger charge is 2.46. The molecule has 9 heteroatoms. The number of methoxy groups -OCH3 is 1. The number of carbonyl (C=O) groups is 1. The zero-order chi connectivity index (χ0) is 18.9. The van der Waals surface area contributed by atoms with Gasteiger partial charge in [-0.05, 0) is 30.3 Å². The second-order valence-electron chi connectivity index (χ2n) is 6.39. The van der Waals surface area contributed by atoms with Gasteiger partial charge in [-0.15, -0.1) is 0 Å². The van der Waals surface area contributed by atoms with Crippen molar-refractivity contribution in [3.63, 3.8) is 0 Å². The number of hydrogen-bond donors (Lipinski definition) is 0. The van der Waals surface area contributed by atoms with Crippen LogP contribution in [0.3, 0.4) is 0 Å². The summed E-state index contributed by atoms with van der Waals surface area (Å²) in [6.07, 6.45) is 3.40. The summed E-state index contributed by atoms with van der Waals surface area (Å²) in [5.74, 6) is 0.688. The first-order valence-electron chi connectivity index (χ1n) is 8.50. The van der Waals surface area contributed by atoms with Crippen molar-refractivity contribution >= 4 is 5.91 Å². The molecular weight excluding hydrogens is 353 g/mol. The second-order valence-corrected chi connectivity index (χ2v) is 6.39. The van der Waals surface area contributed by atoms with Gasteiger partial charge in [0.1, 0.15) is 12.3 Å². The SMILES string of the molecule is COc1ccc(-c2noc(C3(F)CCN(C(=O)Cn4cccn4)C3)n2)cc1. The monoisotopic (exact) mass is 371 g/mol. The quantitative estimate of drug-likeness (QED) is 0.682. The molecule has 1 saturated heterocycles. The third kappa shape index (κ3) is 3.40. The molecule has 27 heavy (non-hydrogen) atoms. The van der Waals surface area contributed by atoms with Crippen LogP contribution in [0.15, 0.2) is 47.2 Å². The lowest BCUT2D eigenvalue weighted by molar-refractivity contribution is -0.131. The molecule has 1 fully saturated rings. The Morgan fingerprint density at radius 2 is 2.19 bits per heavy atom. The van der Waals surface area contributed by atoms with Crippen LogP contribution in [-0.2, 0) is 17.0 Å². The number of ether oxygens (including phenoxy) is 1. The Balaban J connectivity index is 1.47. The predicted octanol–water partition coefficient (Wildman–Crippen LogP) is 2.04. The smallest absolute Gasteiger partial charge is 0.266 e. The van der Waals surface area contributed by atoms with E-state index in [1.54, 1.807) is 49.8 Å². The van der Waals surface area contributed by atoms with Crippen LogP contribution in [0, 0.1) is 0 Å². The van der Waals surface area contributed by atoms with Gasteiger partial charge in [0.15, 0.2) is 0 Å². The zero-order valence-corrected chi connectivity index (χ0v) is 14.7. The summed E-state index contributed by atoms with van der Waals surface area (Å²) in [6.45, 7) is 0.248. The van der Waals surface area contributed by atoms with Gasteiger partial charge in [0.05, 0.1) is 13.7 Å². The maximum absolute atomic E-state index is 15.3. The van der Waals surface area contributed by atoms with E-state index >= 15 is 4.39 Å². The standard InChI is InChI=1S/C18H18FN5O3/c1-26-14-5-3-13(4-6-14)16-21-17(27-22-16)18(19)7-10-23(12-18)15(25)11-24-9-2-8-20-24/h2-6,8-9H,7,10-12H2,1H3. The zero-order valence-electron chi connectivity index (χ0n) is 14.7. The van der Waals surface area contributed by atoms with Gasteiger partial charge < -0.3 is 14.2 Å². The normalized spacial score (nSPS) is 19.4. The Labute approximate surface area is 154 Å². The third-order valence-corrected chi connectivity index (χ3v) is 4.59. The van der Waals surface area contributed by atoms with Crippen molar-refractivity contribution in [3.05, 3.63) is 48.6 Å². The van der Waals surface area contributed by atoms with E-state index in [0.29, 0.717) is 17.1 Å². The largest absolute Gasteiger partial charge is 0.497 e. The molecule has 0 radical (unpaired) electrons. The molecule has 0 bridgehead atoms. The van der Waals surface area contributed by atoms with E-state index in [-0.39, 0.29) is 37.9 Å². The average Bonchev–Trinajstić information content (AvgIpc) is 3.43.